The zero-order chi connectivity index (χ0) is 19.9. The van der Waals surface area contributed by atoms with Crippen LogP contribution in [0, 0.1) is 0 Å². The van der Waals surface area contributed by atoms with Crippen LogP contribution in [0.5, 0.6) is 5.75 Å². The summed E-state index contributed by atoms with van der Waals surface area (Å²) in [6, 6.07) is 22.1. The molecule has 1 aliphatic heterocycles. The molecule has 1 saturated heterocycles. The van der Waals surface area contributed by atoms with Gasteiger partial charge < -0.3 is 15.0 Å². The number of hydrogen-bond acceptors (Lipinski definition) is 4. The van der Waals surface area contributed by atoms with Gasteiger partial charge in [-0.1, -0.05) is 42.5 Å². The van der Waals surface area contributed by atoms with Crippen molar-refractivity contribution < 1.29 is 9.53 Å². The number of ether oxygens (including phenoxy) is 1. The number of anilines is 1. The van der Waals surface area contributed by atoms with Crippen molar-refractivity contribution in [1.82, 2.24) is 4.90 Å². The molecule has 1 aliphatic rings. The Balaban J connectivity index is 1.24. The molecular formula is C24H26N2O2S. The number of fused-ring (bicyclic) bond motifs is 1. The molecule has 3 aromatic rings. The smallest absolute Gasteiger partial charge is 0.262 e. The van der Waals surface area contributed by atoms with Gasteiger partial charge in [0, 0.05) is 36.8 Å². The molecule has 1 fully saturated rings. The first kappa shape index (κ1) is 19.8. The van der Waals surface area contributed by atoms with Crippen molar-refractivity contribution in [2.45, 2.75) is 6.42 Å². The van der Waals surface area contributed by atoms with Gasteiger partial charge in [0.15, 0.2) is 6.61 Å². The second-order valence-electron chi connectivity index (χ2n) is 7.25. The Morgan fingerprint density at radius 2 is 1.72 bits per heavy atom. The minimum Gasteiger partial charge on any atom is -0.484 e. The number of benzene rings is 3. The average molecular weight is 407 g/mol. The zero-order valence-electron chi connectivity index (χ0n) is 16.5. The molecule has 5 heteroatoms. The van der Waals surface area contributed by atoms with Crippen molar-refractivity contribution in [2.24, 2.45) is 0 Å². The van der Waals surface area contributed by atoms with Gasteiger partial charge in [0.25, 0.3) is 5.91 Å². The highest BCUT2D eigenvalue weighted by Crippen LogP contribution is 2.20. The highest BCUT2D eigenvalue weighted by atomic mass is 32.2. The van der Waals surface area contributed by atoms with E-state index in [-0.39, 0.29) is 12.5 Å². The van der Waals surface area contributed by atoms with Gasteiger partial charge in [-0.25, -0.2) is 0 Å². The molecule has 4 nitrogen and oxygen atoms in total. The standard InChI is InChI=1S/C24H26N2O2S/c27-24(18-28-23-10-7-20-3-1-2-4-21(20)17-23)25-22-8-5-19(6-9-22)11-12-26-13-15-29-16-14-26/h1-10,17H,11-16,18H2,(H,25,27). The topological polar surface area (TPSA) is 41.6 Å². The van der Waals surface area contributed by atoms with E-state index in [1.807, 2.05) is 60.3 Å². The molecule has 1 heterocycles. The van der Waals surface area contributed by atoms with E-state index in [9.17, 15) is 4.79 Å². The lowest BCUT2D eigenvalue weighted by molar-refractivity contribution is -0.118. The third-order valence-electron chi connectivity index (χ3n) is 5.15. The van der Waals surface area contributed by atoms with Gasteiger partial charge in [-0.05, 0) is 47.0 Å². The molecular weight excluding hydrogens is 380 g/mol. The summed E-state index contributed by atoms with van der Waals surface area (Å²) in [5.41, 5.74) is 2.10. The van der Waals surface area contributed by atoms with Gasteiger partial charge in [-0.15, -0.1) is 0 Å². The Kier molecular flexibility index (Phi) is 6.70. The van der Waals surface area contributed by atoms with Gasteiger partial charge in [-0.3, -0.25) is 4.79 Å². The lowest BCUT2D eigenvalue weighted by Gasteiger charge is -2.26. The molecule has 0 atom stereocenters. The maximum absolute atomic E-state index is 12.2. The lowest BCUT2D eigenvalue weighted by atomic mass is 10.1. The molecule has 1 N–H and O–H groups in total. The van der Waals surface area contributed by atoms with E-state index in [1.165, 1.54) is 30.2 Å². The second kappa shape index (κ2) is 9.81. The van der Waals surface area contributed by atoms with E-state index in [1.54, 1.807) is 0 Å². The van der Waals surface area contributed by atoms with E-state index in [2.05, 4.69) is 28.4 Å². The van der Waals surface area contributed by atoms with Crippen LogP contribution in [-0.4, -0.2) is 48.6 Å². The summed E-state index contributed by atoms with van der Waals surface area (Å²) in [6.45, 7) is 3.48. The Morgan fingerprint density at radius 3 is 2.52 bits per heavy atom. The van der Waals surface area contributed by atoms with Gasteiger partial charge >= 0.3 is 0 Å². The highest BCUT2D eigenvalue weighted by Gasteiger charge is 2.10. The van der Waals surface area contributed by atoms with Crippen molar-refractivity contribution >= 4 is 34.1 Å². The SMILES string of the molecule is O=C(COc1ccc2ccccc2c1)Nc1ccc(CCN2CCSCC2)cc1. The van der Waals surface area contributed by atoms with Crippen molar-refractivity contribution in [1.29, 1.82) is 0 Å². The van der Waals surface area contributed by atoms with Crippen molar-refractivity contribution in [3.63, 3.8) is 0 Å². The fourth-order valence-electron chi connectivity index (χ4n) is 3.47. The first-order valence-corrected chi connectivity index (χ1v) is 11.2. The lowest BCUT2D eigenvalue weighted by Crippen LogP contribution is -2.34. The van der Waals surface area contributed by atoms with Gasteiger partial charge in [0.2, 0.25) is 0 Å². The maximum Gasteiger partial charge on any atom is 0.262 e. The molecule has 0 saturated carbocycles. The Labute approximate surface area is 176 Å². The van der Waals surface area contributed by atoms with Crippen LogP contribution in [0.2, 0.25) is 0 Å². The molecule has 150 valence electrons. The van der Waals surface area contributed by atoms with Crippen LogP contribution in [0.25, 0.3) is 10.8 Å². The van der Waals surface area contributed by atoms with Crippen LogP contribution in [0.15, 0.2) is 66.7 Å². The minimum atomic E-state index is -0.156. The predicted molar refractivity (Wildman–Crippen MR) is 122 cm³/mol. The number of nitrogens with one attached hydrogen (secondary N) is 1. The molecule has 0 aliphatic carbocycles. The van der Waals surface area contributed by atoms with Crippen LogP contribution >= 0.6 is 11.8 Å². The van der Waals surface area contributed by atoms with Gasteiger partial charge in [0.05, 0.1) is 0 Å². The summed E-state index contributed by atoms with van der Waals surface area (Å²) >= 11 is 2.04. The fourth-order valence-corrected chi connectivity index (χ4v) is 4.45. The van der Waals surface area contributed by atoms with E-state index < -0.39 is 0 Å². The van der Waals surface area contributed by atoms with E-state index in [0.29, 0.717) is 5.75 Å². The summed E-state index contributed by atoms with van der Waals surface area (Å²) < 4.78 is 5.66. The van der Waals surface area contributed by atoms with Crippen LogP contribution in [0.1, 0.15) is 5.56 Å². The number of thioether (sulfide) groups is 1. The summed E-state index contributed by atoms with van der Waals surface area (Å²) in [5.74, 6) is 3.03. The number of carbonyl (C=O) groups is 1. The fraction of sp³-hybridized carbons (Fsp3) is 0.292. The van der Waals surface area contributed by atoms with Crippen molar-refractivity contribution in [3.8, 4) is 5.75 Å². The number of amides is 1. The molecule has 29 heavy (non-hydrogen) atoms. The van der Waals surface area contributed by atoms with Crippen molar-refractivity contribution in [3.05, 3.63) is 72.3 Å². The molecule has 0 unspecified atom stereocenters. The van der Waals surface area contributed by atoms with Crippen LogP contribution in [0.3, 0.4) is 0 Å². The average Bonchev–Trinajstić information content (AvgIpc) is 2.78. The van der Waals surface area contributed by atoms with Gasteiger partial charge in [0.1, 0.15) is 5.75 Å². The molecule has 3 aromatic carbocycles. The maximum atomic E-state index is 12.2. The quantitative estimate of drug-likeness (QED) is 0.629. The normalized spacial score (nSPS) is 14.6. The molecule has 0 radical (unpaired) electrons. The molecule has 0 aromatic heterocycles. The molecule has 0 bridgehead atoms. The first-order chi connectivity index (χ1) is 14.3. The Hall–Kier alpha value is -2.50. The zero-order valence-corrected chi connectivity index (χ0v) is 17.3. The number of hydrogen-bond donors (Lipinski definition) is 1. The predicted octanol–water partition coefficient (Wildman–Crippen LogP) is 4.45. The largest absolute Gasteiger partial charge is 0.484 e. The van der Waals surface area contributed by atoms with Crippen molar-refractivity contribution in [2.75, 3.05) is 43.1 Å². The van der Waals surface area contributed by atoms with Gasteiger partial charge in [-0.2, -0.15) is 11.8 Å². The summed E-state index contributed by atoms with van der Waals surface area (Å²) in [6.07, 6.45) is 1.05. The second-order valence-corrected chi connectivity index (χ2v) is 8.47. The third kappa shape index (κ3) is 5.75. The van der Waals surface area contributed by atoms with E-state index >= 15 is 0 Å². The first-order valence-electron chi connectivity index (χ1n) is 10.1. The number of carbonyl (C=O) groups excluding carboxylic acids is 1. The van der Waals surface area contributed by atoms with Crippen LogP contribution in [0.4, 0.5) is 5.69 Å². The molecule has 0 spiro atoms. The summed E-state index contributed by atoms with van der Waals surface area (Å²) in [5, 5.41) is 5.16. The highest BCUT2D eigenvalue weighted by molar-refractivity contribution is 7.99. The Bertz CT molecular complexity index is 953. The van der Waals surface area contributed by atoms with E-state index in [4.69, 9.17) is 4.74 Å². The number of nitrogens with zero attached hydrogens (tertiary/aromatic N) is 1. The minimum absolute atomic E-state index is 0.00688. The van der Waals surface area contributed by atoms with Crippen LogP contribution in [-0.2, 0) is 11.2 Å². The third-order valence-corrected chi connectivity index (χ3v) is 6.09. The van der Waals surface area contributed by atoms with Crippen LogP contribution < -0.4 is 10.1 Å². The summed E-state index contributed by atoms with van der Waals surface area (Å²) in [7, 11) is 0. The molecule has 1 amide bonds. The monoisotopic (exact) mass is 406 g/mol. The molecule has 4 rings (SSSR count). The Morgan fingerprint density at radius 1 is 0.966 bits per heavy atom. The summed E-state index contributed by atoms with van der Waals surface area (Å²) in [4.78, 5) is 14.7. The number of rotatable bonds is 7. The van der Waals surface area contributed by atoms with E-state index in [0.717, 1.165) is 29.4 Å².